The topological polar surface area (TPSA) is 41.1 Å². The van der Waals surface area contributed by atoms with E-state index in [4.69, 9.17) is 0 Å². The van der Waals surface area contributed by atoms with E-state index in [1.807, 2.05) is 49.5 Å². The lowest BCUT2D eigenvalue weighted by molar-refractivity contribution is 0.0953. The molecule has 2 aromatic carbocycles. The third kappa shape index (κ3) is 4.23. The standard InChI is InChI=1S/C15H18N2O.ClH/c1-16-9-4-10-17-15(18)14-8-7-12-5-2-3-6-13(12)11-14;/h2-3,5-8,11,16H,4,9-10H2,1H3,(H,17,18);1H. The molecule has 3 nitrogen and oxygen atoms in total. The van der Waals surface area contributed by atoms with Crippen molar-refractivity contribution in [2.45, 2.75) is 6.42 Å². The first kappa shape index (κ1) is 15.5. The summed E-state index contributed by atoms with van der Waals surface area (Å²) in [7, 11) is 1.91. The Morgan fingerprint density at radius 2 is 1.79 bits per heavy atom. The van der Waals surface area contributed by atoms with Gasteiger partial charge < -0.3 is 10.6 Å². The molecule has 0 spiro atoms. The number of benzene rings is 2. The van der Waals surface area contributed by atoms with E-state index in [-0.39, 0.29) is 18.3 Å². The van der Waals surface area contributed by atoms with Crippen LogP contribution in [-0.4, -0.2) is 26.0 Å². The molecule has 0 saturated heterocycles. The van der Waals surface area contributed by atoms with Gasteiger partial charge in [0.15, 0.2) is 0 Å². The molecule has 2 N–H and O–H groups in total. The third-order valence-electron chi connectivity index (χ3n) is 2.90. The number of amides is 1. The fraction of sp³-hybridized carbons (Fsp3) is 0.267. The zero-order chi connectivity index (χ0) is 12.8. The van der Waals surface area contributed by atoms with E-state index in [0.29, 0.717) is 6.54 Å². The van der Waals surface area contributed by atoms with Crippen LogP contribution in [-0.2, 0) is 0 Å². The number of nitrogens with one attached hydrogen (secondary N) is 2. The minimum Gasteiger partial charge on any atom is -0.352 e. The van der Waals surface area contributed by atoms with Crippen molar-refractivity contribution in [1.29, 1.82) is 0 Å². The maximum atomic E-state index is 11.9. The summed E-state index contributed by atoms with van der Waals surface area (Å²) >= 11 is 0. The van der Waals surface area contributed by atoms with Gasteiger partial charge in [0.25, 0.3) is 5.91 Å². The van der Waals surface area contributed by atoms with E-state index in [1.54, 1.807) is 0 Å². The van der Waals surface area contributed by atoms with E-state index in [9.17, 15) is 4.79 Å². The molecular formula is C15H19ClN2O. The van der Waals surface area contributed by atoms with Gasteiger partial charge in [-0.2, -0.15) is 0 Å². The number of hydrogen-bond acceptors (Lipinski definition) is 2. The second kappa shape index (κ2) is 7.77. The van der Waals surface area contributed by atoms with Crippen LogP contribution in [0.15, 0.2) is 42.5 Å². The van der Waals surface area contributed by atoms with Crippen LogP contribution in [0.3, 0.4) is 0 Å². The molecule has 0 aliphatic carbocycles. The molecule has 1 amide bonds. The predicted molar refractivity (Wildman–Crippen MR) is 82.1 cm³/mol. The number of carbonyl (C=O) groups is 1. The molecule has 0 fully saturated rings. The highest BCUT2D eigenvalue weighted by molar-refractivity contribution is 5.98. The van der Waals surface area contributed by atoms with Crippen LogP contribution in [0.5, 0.6) is 0 Å². The lowest BCUT2D eigenvalue weighted by atomic mass is 10.1. The van der Waals surface area contributed by atoms with Gasteiger partial charge >= 0.3 is 0 Å². The SMILES string of the molecule is CNCCCNC(=O)c1ccc2ccccc2c1.Cl. The number of hydrogen-bond donors (Lipinski definition) is 2. The molecule has 2 rings (SSSR count). The van der Waals surface area contributed by atoms with Crippen molar-refractivity contribution in [1.82, 2.24) is 10.6 Å². The van der Waals surface area contributed by atoms with Gasteiger partial charge in [0.1, 0.15) is 0 Å². The van der Waals surface area contributed by atoms with Crippen LogP contribution in [0.4, 0.5) is 0 Å². The summed E-state index contributed by atoms with van der Waals surface area (Å²) in [6.45, 7) is 1.62. The summed E-state index contributed by atoms with van der Waals surface area (Å²) in [5, 5.41) is 8.23. The average molecular weight is 279 g/mol. The van der Waals surface area contributed by atoms with Gasteiger partial charge in [-0.05, 0) is 42.9 Å². The monoisotopic (exact) mass is 278 g/mol. The average Bonchev–Trinajstić information content (AvgIpc) is 2.43. The zero-order valence-electron chi connectivity index (χ0n) is 11.0. The van der Waals surface area contributed by atoms with Crippen molar-refractivity contribution >= 4 is 29.1 Å². The molecule has 0 atom stereocenters. The molecule has 102 valence electrons. The summed E-state index contributed by atoms with van der Waals surface area (Å²) in [5.74, 6) is -0.00291. The Labute approximate surface area is 119 Å². The summed E-state index contributed by atoms with van der Waals surface area (Å²) in [5.41, 5.74) is 0.721. The minimum absolute atomic E-state index is 0. The molecule has 0 radical (unpaired) electrons. The first-order valence-corrected chi connectivity index (χ1v) is 6.23. The first-order valence-electron chi connectivity index (χ1n) is 6.23. The maximum Gasteiger partial charge on any atom is 0.251 e. The fourth-order valence-corrected chi connectivity index (χ4v) is 1.90. The highest BCUT2D eigenvalue weighted by Crippen LogP contribution is 2.15. The summed E-state index contributed by atoms with van der Waals surface area (Å²) in [6.07, 6.45) is 0.940. The zero-order valence-corrected chi connectivity index (χ0v) is 11.8. The summed E-state index contributed by atoms with van der Waals surface area (Å²) in [6, 6.07) is 13.8. The molecular weight excluding hydrogens is 260 g/mol. The second-order valence-corrected chi connectivity index (χ2v) is 4.27. The fourth-order valence-electron chi connectivity index (χ4n) is 1.90. The predicted octanol–water partition coefficient (Wildman–Crippen LogP) is 2.60. The van der Waals surface area contributed by atoms with Crippen molar-refractivity contribution in [2.75, 3.05) is 20.1 Å². The van der Waals surface area contributed by atoms with Gasteiger partial charge in [-0.15, -0.1) is 12.4 Å². The lowest BCUT2D eigenvalue weighted by Gasteiger charge is -2.06. The van der Waals surface area contributed by atoms with Crippen LogP contribution in [0.1, 0.15) is 16.8 Å². The highest BCUT2D eigenvalue weighted by Gasteiger charge is 2.04. The molecule has 19 heavy (non-hydrogen) atoms. The van der Waals surface area contributed by atoms with Gasteiger partial charge in [-0.1, -0.05) is 30.3 Å². The number of halogens is 1. The Kier molecular flexibility index (Phi) is 6.33. The number of fused-ring (bicyclic) bond motifs is 1. The molecule has 4 heteroatoms. The summed E-state index contributed by atoms with van der Waals surface area (Å²) in [4.78, 5) is 11.9. The van der Waals surface area contributed by atoms with Gasteiger partial charge in [0.05, 0.1) is 0 Å². The van der Waals surface area contributed by atoms with Gasteiger partial charge in [0, 0.05) is 12.1 Å². The quantitative estimate of drug-likeness (QED) is 0.826. The van der Waals surface area contributed by atoms with Crippen molar-refractivity contribution in [3.8, 4) is 0 Å². The molecule has 0 aliphatic rings. The lowest BCUT2D eigenvalue weighted by Crippen LogP contribution is -2.26. The van der Waals surface area contributed by atoms with Crippen LogP contribution < -0.4 is 10.6 Å². The molecule has 0 saturated carbocycles. The van der Waals surface area contributed by atoms with Gasteiger partial charge in [-0.3, -0.25) is 4.79 Å². The summed E-state index contributed by atoms with van der Waals surface area (Å²) < 4.78 is 0. The Balaban J connectivity index is 0.00000180. The smallest absolute Gasteiger partial charge is 0.251 e. The van der Waals surface area contributed by atoms with E-state index in [2.05, 4.69) is 10.6 Å². The Bertz CT molecular complexity index is 542. The van der Waals surface area contributed by atoms with Gasteiger partial charge in [-0.25, -0.2) is 0 Å². The van der Waals surface area contributed by atoms with Crippen LogP contribution in [0.2, 0.25) is 0 Å². The van der Waals surface area contributed by atoms with E-state index < -0.39 is 0 Å². The second-order valence-electron chi connectivity index (χ2n) is 4.27. The van der Waals surface area contributed by atoms with E-state index >= 15 is 0 Å². The van der Waals surface area contributed by atoms with Gasteiger partial charge in [0.2, 0.25) is 0 Å². The van der Waals surface area contributed by atoms with E-state index in [1.165, 1.54) is 0 Å². The van der Waals surface area contributed by atoms with Crippen LogP contribution in [0, 0.1) is 0 Å². The highest BCUT2D eigenvalue weighted by atomic mass is 35.5. The molecule has 0 aliphatic heterocycles. The molecule has 0 aromatic heterocycles. The first-order chi connectivity index (χ1) is 8.81. The van der Waals surface area contributed by atoms with Crippen LogP contribution >= 0.6 is 12.4 Å². The Morgan fingerprint density at radius 1 is 1.05 bits per heavy atom. The molecule has 0 unspecified atom stereocenters. The molecule has 0 heterocycles. The van der Waals surface area contributed by atoms with Crippen molar-refractivity contribution in [3.63, 3.8) is 0 Å². The molecule has 2 aromatic rings. The normalized spacial score (nSPS) is 9.95. The van der Waals surface area contributed by atoms with Crippen molar-refractivity contribution < 1.29 is 4.79 Å². The van der Waals surface area contributed by atoms with Crippen molar-refractivity contribution in [3.05, 3.63) is 48.0 Å². The third-order valence-corrected chi connectivity index (χ3v) is 2.90. The number of carbonyl (C=O) groups excluding carboxylic acids is 1. The minimum atomic E-state index is -0.00291. The van der Waals surface area contributed by atoms with Crippen LogP contribution in [0.25, 0.3) is 10.8 Å². The Morgan fingerprint density at radius 3 is 2.53 bits per heavy atom. The maximum absolute atomic E-state index is 11.9. The van der Waals surface area contributed by atoms with E-state index in [0.717, 1.165) is 29.3 Å². The number of rotatable bonds is 5. The Hall–Kier alpha value is -1.58. The largest absolute Gasteiger partial charge is 0.352 e. The van der Waals surface area contributed by atoms with Crippen molar-refractivity contribution in [2.24, 2.45) is 0 Å². The molecule has 0 bridgehead atoms.